The molecule has 1 aromatic heterocycles. The first-order valence-electron chi connectivity index (χ1n) is 10.5. The van der Waals surface area contributed by atoms with Gasteiger partial charge in [-0.3, -0.25) is 4.79 Å². The fourth-order valence-corrected chi connectivity index (χ4v) is 4.19. The van der Waals surface area contributed by atoms with E-state index in [0.717, 1.165) is 21.7 Å². The van der Waals surface area contributed by atoms with Gasteiger partial charge in [-0.1, -0.05) is 50.2 Å². The van der Waals surface area contributed by atoms with Gasteiger partial charge in [-0.2, -0.15) is 0 Å². The van der Waals surface area contributed by atoms with Crippen LogP contribution in [0.4, 0.5) is 0 Å². The summed E-state index contributed by atoms with van der Waals surface area (Å²) in [7, 11) is 0. The number of carboxylic acid groups (broad SMARTS) is 1. The molecule has 168 valence electrons. The van der Waals surface area contributed by atoms with Crippen molar-refractivity contribution < 1.29 is 19.4 Å². The van der Waals surface area contributed by atoms with Gasteiger partial charge in [0.15, 0.2) is 6.10 Å². The standard InChI is InChI=1S/C25H28N2O4S/c1-14(2)19-7-9-20(10-8-19)24-27-16(4)22(32-24)23(28)26-13-18-6-11-21(15(3)12-18)31-17(5)25(29)30/h6-12,14,17H,13H2,1-5H3,(H,26,28)(H,29,30). The number of hydrogen-bond donors (Lipinski definition) is 2. The van der Waals surface area contributed by atoms with Crippen LogP contribution in [0.5, 0.6) is 5.75 Å². The van der Waals surface area contributed by atoms with Crippen LogP contribution in [0.25, 0.3) is 10.6 Å². The molecule has 0 aliphatic heterocycles. The maximum atomic E-state index is 12.8. The number of carbonyl (C=O) groups is 2. The highest BCUT2D eigenvalue weighted by molar-refractivity contribution is 7.17. The van der Waals surface area contributed by atoms with E-state index < -0.39 is 12.1 Å². The van der Waals surface area contributed by atoms with Crippen molar-refractivity contribution in [2.75, 3.05) is 0 Å². The normalized spacial score (nSPS) is 11.9. The molecule has 1 amide bonds. The minimum Gasteiger partial charge on any atom is -0.479 e. The number of aryl methyl sites for hydroxylation is 2. The van der Waals surface area contributed by atoms with Gasteiger partial charge in [0, 0.05) is 12.1 Å². The summed E-state index contributed by atoms with van der Waals surface area (Å²) in [5.41, 5.74) is 4.69. The maximum Gasteiger partial charge on any atom is 0.344 e. The Bertz CT molecular complexity index is 1120. The molecule has 3 aromatic rings. The van der Waals surface area contributed by atoms with E-state index in [1.54, 1.807) is 6.07 Å². The summed E-state index contributed by atoms with van der Waals surface area (Å²) in [5.74, 6) is -0.201. The second-order valence-electron chi connectivity index (χ2n) is 8.09. The average molecular weight is 453 g/mol. The SMILES string of the molecule is Cc1cc(CNC(=O)c2sc(-c3ccc(C(C)C)cc3)nc2C)ccc1OC(C)C(=O)O. The summed E-state index contributed by atoms with van der Waals surface area (Å²) in [6.07, 6.45) is -0.927. The lowest BCUT2D eigenvalue weighted by Crippen LogP contribution is -2.24. The van der Waals surface area contributed by atoms with Gasteiger partial charge in [0.05, 0.1) is 5.69 Å². The van der Waals surface area contributed by atoms with E-state index in [1.165, 1.54) is 23.8 Å². The summed E-state index contributed by atoms with van der Waals surface area (Å²) < 4.78 is 5.44. The summed E-state index contributed by atoms with van der Waals surface area (Å²) in [4.78, 5) is 28.9. The lowest BCUT2D eigenvalue weighted by Gasteiger charge is -2.14. The van der Waals surface area contributed by atoms with Crippen LogP contribution >= 0.6 is 11.3 Å². The summed E-state index contributed by atoms with van der Waals surface area (Å²) in [6.45, 7) is 9.84. The molecular weight excluding hydrogens is 424 g/mol. The van der Waals surface area contributed by atoms with Gasteiger partial charge < -0.3 is 15.2 Å². The summed E-state index contributed by atoms with van der Waals surface area (Å²) >= 11 is 1.39. The molecular formula is C25H28N2O4S. The molecule has 2 aromatic carbocycles. The van der Waals surface area contributed by atoms with Gasteiger partial charge in [-0.25, -0.2) is 9.78 Å². The molecule has 0 spiro atoms. The molecule has 2 N–H and O–H groups in total. The van der Waals surface area contributed by atoms with Gasteiger partial charge >= 0.3 is 5.97 Å². The number of benzene rings is 2. The van der Waals surface area contributed by atoms with Crippen molar-refractivity contribution in [3.8, 4) is 16.3 Å². The first-order valence-corrected chi connectivity index (χ1v) is 11.3. The minimum absolute atomic E-state index is 0.164. The third-order valence-electron chi connectivity index (χ3n) is 5.17. The zero-order valence-electron chi connectivity index (χ0n) is 18.9. The number of nitrogens with zero attached hydrogens (tertiary/aromatic N) is 1. The Morgan fingerprint density at radius 2 is 1.78 bits per heavy atom. The fourth-order valence-electron chi connectivity index (χ4n) is 3.20. The lowest BCUT2D eigenvalue weighted by atomic mass is 10.0. The summed E-state index contributed by atoms with van der Waals surface area (Å²) in [6, 6.07) is 13.7. The van der Waals surface area contributed by atoms with Crippen molar-refractivity contribution in [2.45, 2.75) is 53.2 Å². The molecule has 1 atom stereocenters. The smallest absolute Gasteiger partial charge is 0.344 e. The van der Waals surface area contributed by atoms with Crippen molar-refractivity contribution in [3.05, 3.63) is 69.7 Å². The number of hydrogen-bond acceptors (Lipinski definition) is 5. The molecule has 0 fully saturated rings. The highest BCUT2D eigenvalue weighted by Gasteiger charge is 2.17. The number of thiazole rings is 1. The fraction of sp³-hybridized carbons (Fsp3) is 0.320. The molecule has 0 aliphatic carbocycles. The average Bonchev–Trinajstić information content (AvgIpc) is 3.15. The Hall–Kier alpha value is -3.19. The predicted molar refractivity (Wildman–Crippen MR) is 126 cm³/mol. The van der Waals surface area contributed by atoms with E-state index in [2.05, 4.69) is 36.3 Å². The zero-order chi connectivity index (χ0) is 23.4. The van der Waals surface area contributed by atoms with Gasteiger partial charge in [-0.15, -0.1) is 11.3 Å². The van der Waals surface area contributed by atoms with Crippen LogP contribution in [-0.2, 0) is 11.3 Å². The topological polar surface area (TPSA) is 88.5 Å². The largest absolute Gasteiger partial charge is 0.479 e. The third kappa shape index (κ3) is 5.53. The molecule has 0 bridgehead atoms. The van der Waals surface area contributed by atoms with E-state index in [-0.39, 0.29) is 5.91 Å². The van der Waals surface area contributed by atoms with Crippen LogP contribution in [-0.4, -0.2) is 28.1 Å². The molecule has 6 nitrogen and oxygen atoms in total. The Morgan fingerprint density at radius 3 is 2.38 bits per heavy atom. The Morgan fingerprint density at radius 1 is 1.09 bits per heavy atom. The van der Waals surface area contributed by atoms with E-state index in [9.17, 15) is 9.59 Å². The van der Waals surface area contributed by atoms with Crippen LogP contribution in [0.1, 0.15) is 58.7 Å². The maximum absolute atomic E-state index is 12.8. The van der Waals surface area contributed by atoms with Gasteiger partial charge in [0.1, 0.15) is 15.6 Å². The second-order valence-corrected chi connectivity index (χ2v) is 9.09. The number of carboxylic acids is 1. The predicted octanol–water partition coefficient (Wildman–Crippen LogP) is 5.33. The van der Waals surface area contributed by atoms with Crippen LogP contribution < -0.4 is 10.1 Å². The van der Waals surface area contributed by atoms with Crippen molar-refractivity contribution in [1.29, 1.82) is 0 Å². The van der Waals surface area contributed by atoms with Gasteiger partial charge in [0.25, 0.3) is 5.91 Å². The quantitative estimate of drug-likeness (QED) is 0.482. The van der Waals surface area contributed by atoms with E-state index in [0.29, 0.717) is 28.8 Å². The van der Waals surface area contributed by atoms with Crippen LogP contribution in [0.15, 0.2) is 42.5 Å². The molecule has 0 saturated carbocycles. The molecule has 32 heavy (non-hydrogen) atoms. The van der Waals surface area contributed by atoms with E-state index in [4.69, 9.17) is 9.84 Å². The van der Waals surface area contributed by atoms with Crippen LogP contribution in [0.2, 0.25) is 0 Å². The van der Waals surface area contributed by atoms with Crippen molar-refractivity contribution in [2.24, 2.45) is 0 Å². The number of aliphatic carboxylic acids is 1. The zero-order valence-corrected chi connectivity index (χ0v) is 19.7. The van der Waals surface area contributed by atoms with Crippen molar-refractivity contribution in [1.82, 2.24) is 10.3 Å². The highest BCUT2D eigenvalue weighted by Crippen LogP contribution is 2.29. The molecule has 0 saturated heterocycles. The Kier molecular flexibility index (Phi) is 7.30. The number of amides is 1. The number of ether oxygens (including phenoxy) is 1. The number of aromatic nitrogens is 1. The van der Waals surface area contributed by atoms with Crippen LogP contribution in [0, 0.1) is 13.8 Å². The van der Waals surface area contributed by atoms with Crippen LogP contribution in [0.3, 0.4) is 0 Å². The molecule has 7 heteroatoms. The Balaban J connectivity index is 1.66. The molecule has 0 aliphatic rings. The molecule has 1 heterocycles. The molecule has 0 radical (unpaired) electrons. The Labute approximate surface area is 192 Å². The second kappa shape index (κ2) is 9.96. The number of nitrogens with one attached hydrogen (secondary N) is 1. The van der Waals surface area contributed by atoms with Gasteiger partial charge in [0.2, 0.25) is 0 Å². The first kappa shape index (κ1) is 23.5. The van der Waals surface area contributed by atoms with Crippen molar-refractivity contribution in [3.63, 3.8) is 0 Å². The molecule has 1 unspecified atom stereocenters. The molecule has 3 rings (SSSR count). The van der Waals surface area contributed by atoms with E-state index >= 15 is 0 Å². The minimum atomic E-state index is -1.02. The monoisotopic (exact) mass is 452 g/mol. The van der Waals surface area contributed by atoms with Crippen molar-refractivity contribution >= 4 is 23.2 Å². The third-order valence-corrected chi connectivity index (χ3v) is 6.38. The highest BCUT2D eigenvalue weighted by atomic mass is 32.1. The number of carbonyl (C=O) groups excluding carboxylic acids is 1. The van der Waals surface area contributed by atoms with E-state index in [1.807, 2.05) is 38.1 Å². The van der Waals surface area contributed by atoms with Gasteiger partial charge in [-0.05, 0) is 49.4 Å². The number of rotatable bonds is 8. The summed E-state index contributed by atoms with van der Waals surface area (Å²) in [5, 5.41) is 12.8. The lowest BCUT2D eigenvalue weighted by molar-refractivity contribution is -0.144. The first-order chi connectivity index (χ1) is 15.2.